The minimum atomic E-state index is -0.492. The average molecular weight is 418 g/mol. The van der Waals surface area contributed by atoms with E-state index in [2.05, 4.69) is 10.3 Å². The molecule has 0 bridgehead atoms. The summed E-state index contributed by atoms with van der Waals surface area (Å²) >= 11 is 5.90. The highest BCUT2D eigenvalue weighted by atomic mass is 35.5. The predicted octanol–water partition coefficient (Wildman–Crippen LogP) is 4.29. The van der Waals surface area contributed by atoms with Gasteiger partial charge >= 0.3 is 5.56 Å². The Morgan fingerprint density at radius 1 is 1.24 bits per heavy atom. The van der Waals surface area contributed by atoms with Crippen LogP contribution >= 0.6 is 11.6 Å². The molecule has 0 aliphatic rings. The lowest BCUT2D eigenvalue weighted by Crippen LogP contribution is -2.19. The maximum atomic E-state index is 13.5. The number of ether oxygens (including phenoxy) is 2. The van der Waals surface area contributed by atoms with E-state index in [-0.39, 0.29) is 10.8 Å². The van der Waals surface area contributed by atoms with Gasteiger partial charge in [0, 0.05) is 12.8 Å². The topological polar surface area (TPSA) is 65.4 Å². The molecule has 8 heteroatoms. The smallest absolute Gasteiger partial charge is 0.316 e. The number of halogens is 2. The number of nitrogens with zero attached hydrogens (tertiary/aromatic N) is 2. The Balaban J connectivity index is 2.02. The number of aromatic nitrogens is 2. The van der Waals surface area contributed by atoms with Crippen LogP contribution in [0, 0.1) is 12.7 Å². The SMILES string of the molecule is COCc1cccc(Nc2nc(=O)c(OC)cn2Cc2ccc(F)c(Cl)c2)c1C. The van der Waals surface area contributed by atoms with E-state index in [1.807, 2.05) is 25.1 Å². The molecule has 29 heavy (non-hydrogen) atoms. The molecule has 0 aliphatic carbocycles. The first-order valence-corrected chi connectivity index (χ1v) is 9.24. The van der Waals surface area contributed by atoms with Crippen LogP contribution in [0.15, 0.2) is 47.4 Å². The zero-order valence-corrected chi connectivity index (χ0v) is 17.1. The van der Waals surface area contributed by atoms with Crippen molar-refractivity contribution in [3.63, 3.8) is 0 Å². The fraction of sp³-hybridized carbons (Fsp3) is 0.238. The second kappa shape index (κ2) is 9.07. The molecule has 3 aromatic rings. The van der Waals surface area contributed by atoms with Gasteiger partial charge in [0.15, 0.2) is 0 Å². The number of methoxy groups -OCH3 is 2. The van der Waals surface area contributed by atoms with Crippen molar-refractivity contribution in [1.29, 1.82) is 0 Å². The molecule has 0 radical (unpaired) electrons. The molecule has 3 rings (SSSR count). The lowest BCUT2D eigenvalue weighted by atomic mass is 10.1. The van der Waals surface area contributed by atoms with Crippen molar-refractivity contribution in [2.45, 2.75) is 20.1 Å². The molecule has 0 fully saturated rings. The molecule has 0 unspecified atom stereocenters. The van der Waals surface area contributed by atoms with Gasteiger partial charge in [0.25, 0.3) is 0 Å². The summed E-state index contributed by atoms with van der Waals surface area (Å²) in [6.45, 7) is 2.74. The Hall–Kier alpha value is -2.90. The van der Waals surface area contributed by atoms with Gasteiger partial charge in [-0.1, -0.05) is 29.8 Å². The van der Waals surface area contributed by atoms with Crippen LogP contribution < -0.4 is 15.6 Å². The van der Waals surface area contributed by atoms with E-state index in [0.29, 0.717) is 19.1 Å². The zero-order chi connectivity index (χ0) is 21.0. The summed E-state index contributed by atoms with van der Waals surface area (Å²) in [6, 6.07) is 10.2. The maximum Gasteiger partial charge on any atom is 0.316 e. The molecular weight excluding hydrogens is 397 g/mol. The van der Waals surface area contributed by atoms with E-state index < -0.39 is 11.4 Å². The summed E-state index contributed by atoms with van der Waals surface area (Å²) in [7, 11) is 3.04. The van der Waals surface area contributed by atoms with Crippen LogP contribution in [0.4, 0.5) is 16.0 Å². The van der Waals surface area contributed by atoms with E-state index in [4.69, 9.17) is 21.1 Å². The highest BCUT2D eigenvalue weighted by Crippen LogP contribution is 2.24. The first-order valence-electron chi connectivity index (χ1n) is 8.86. The summed E-state index contributed by atoms with van der Waals surface area (Å²) in [5, 5.41) is 3.24. The molecule has 0 atom stereocenters. The van der Waals surface area contributed by atoms with Crippen molar-refractivity contribution < 1.29 is 13.9 Å². The first kappa shape index (κ1) is 20.8. The van der Waals surface area contributed by atoms with Crippen LogP contribution in [0.25, 0.3) is 0 Å². The summed E-state index contributed by atoms with van der Waals surface area (Å²) in [5.41, 5.74) is 3.05. The molecule has 0 saturated heterocycles. The lowest BCUT2D eigenvalue weighted by Gasteiger charge is -2.17. The molecule has 0 spiro atoms. The average Bonchev–Trinajstić information content (AvgIpc) is 2.70. The van der Waals surface area contributed by atoms with Crippen molar-refractivity contribution in [3.8, 4) is 5.75 Å². The van der Waals surface area contributed by atoms with Crippen LogP contribution in [-0.2, 0) is 17.9 Å². The third-order valence-corrected chi connectivity index (χ3v) is 4.80. The Labute approximate surface area is 172 Å². The monoisotopic (exact) mass is 417 g/mol. The Morgan fingerprint density at radius 2 is 2.03 bits per heavy atom. The van der Waals surface area contributed by atoms with Crippen molar-refractivity contribution in [1.82, 2.24) is 9.55 Å². The maximum absolute atomic E-state index is 13.5. The summed E-state index contributed by atoms with van der Waals surface area (Å²) in [6.07, 6.45) is 1.56. The van der Waals surface area contributed by atoms with Gasteiger partial charge in [-0.25, -0.2) is 4.39 Å². The van der Waals surface area contributed by atoms with E-state index in [0.717, 1.165) is 22.4 Å². The standard InChI is InChI=1S/C21H21ClFN3O3/c1-13-15(12-28-2)5-4-6-18(13)24-21-25-20(27)19(29-3)11-26(21)10-14-7-8-17(23)16(22)9-14/h4-9,11H,10,12H2,1-3H3,(H,24,25,27). The van der Waals surface area contributed by atoms with Gasteiger partial charge in [-0.2, -0.15) is 4.98 Å². The van der Waals surface area contributed by atoms with Gasteiger partial charge in [-0.15, -0.1) is 0 Å². The molecule has 152 valence electrons. The van der Waals surface area contributed by atoms with Gasteiger partial charge in [-0.05, 0) is 41.8 Å². The fourth-order valence-electron chi connectivity index (χ4n) is 2.92. The molecule has 1 heterocycles. The third kappa shape index (κ3) is 4.75. The highest BCUT2D eigenvalue weighted by molar-refractivity contribution is 6.30. The number of hydrogen-bond acceptors (Lipinski definition) is 5. The molecule has 0 amide bonds. The van der Waals surface area contributed by atoms with Gasteiger partial charge < -0.3 is 19.4 Å². The number of hydrogen-bond donors (Lipinski definition) is 1. The predicted molar refractivity (Wildman–Crippen MR) is 111 cm³/mol. The van der Waals surface area contributed by atoms with E-state index in [1.165, 1.54) is 19.2 Å². The van der Waals surface area contributed by atoms with Gasteiger partial charge in [0.2, 0.25) is 11.7 Å². The van der Waals surface area contributed by atoms with Gasteiger partial charge in [0.05, 0.1) is 31.5 Å². The van der Waals surface area contributed by atoms with Crippen molar-refractivity contribution >= 4 is 23.2 Å². The zero-order valence-electron chi connectivity index (χ0n) is 16.3. The molecule has 2 aromatic carbocycles. The Bertz CT molecular complexity index is 1090. The second-order valence-electron chi connectivity index (χ2n) is 6.46. The fourth-order valence-corrected chi connectivity index (χ4v) is 3.12. The highest BCUT2D eigenvalue weighted by Gasteiger charge is 2.13. The van der Waals surface area contributed by atoms with Gasteiger partial charge in [0.1, 0.15) is 5.82 Å². The molecule has 1 N–H and O–H groups in total. The number of rotatable bonds is 7. The summed E-state index contributed by atoms with van der Waals surface area (Å²) in [5.74, 6) is -0.0579. The molecular formula is C21H21ClFN3O3. The number of benzene rings is 2. The van der Waals surface area contributed by atoms with Crippen molar-refractivity contribution in [2.75, 3.05) is 19.5 Å². The number of anilines is 2. The quantitative estimate of drug-likeness (QED) is 0.621. The van der Waals surface area contributed by atoms with E-state index in [1.54, 1.807) is 23.9 Å². The summed E-state index contributed by atoms with van der Waals surface area (Å²) < 4.78 is 25.5. The van der Waals surface area contributed by atoms with Crippen LogP contribution in [0.5, 0.6) is 5.75 Å². The normalized spacial score (nSPS) is 10.8. The minimum absolute atomic E-state index is 0.0288. The minimum Gasteiger partial charge on any atom is -0.490 e. The molecule has 0 aliphatic heterocycles. The Morgan fingerprint density at radius 3 is 2.72 bits per heavy atom. The lowest BCUT2D eigenvalue weighted by molar-refractivity contribution is 0.184. The van der Waals surface area contributed by atoms with Crippen LogP contribution in [-0.4, -0.2) is 23.8 Å². The van der Waals surface area contributed by atoms with E-state index >= 15 is 0 Å². The van der Waals surface area contributed by atoms with Crippen LogP contribution in [0.3, 0.4) is 0 Å². The molecule has 0 saturated carbocycles. The third-order valence-electron chi connectivity index (χ3n) is 4.51. The largest absolute Gasteiger partial charge is 0.490 e. The Kier molecular flexibility index (Phi) is 6.51. The first-order chi connectivity index (χ1) is 13.9. The van der Waals surface area contributed by atoms with Gasteiger partial charge in [-0.3, -0.25) is 4.79 Å². The van der Waals surface area contributed by atoms with E-state index in [9.17, 15) is 9.18 Å². The molecule has 6 nitrogen and oxygen atoms in total. The summed E-state index contributed by atoms with van der Waals surface area (Å²) in [4.78, 5) is 16.4. The number of nitrogens with one attached hydrogen (secondary N) is 1. The van der Waals surface area contributed by atoms with Crippen molar-refractivity contribution in [3.05, 3.63) is 80.5 Å². The molecule has 1 aromatic heterocycles. The van der Waals surface area contributed by atoms with Crippen LogP contribution in [0.1, 0.15) is 16.7 Å². The van der Waals surface area contributed by atoms with Crippen LogP contribution in [0.2, 0.25) is 5.02 Å². The van der Waals surface area contributed by atoms with Crippen molar-refractivity contribution in [2.24, 2.45) is 0 Å². The second-order valence-corrected chi connectivity index (χ2v) is 6.87.